The predicted octanol–water partition coefficient (Wildman–Crippen LogP) is 3.97. The maximum absolute atomic E-state index is 13.4. The molecular formula is C17H20FN. The Bertz CT molecular complexity index is 561. The van der Waals surface area contributed by atoms with Crippen molar-refractivity contribution in [3.63, 3.8) is 0 Å². The van der Waals surface area contributed by atoms with E-state index in [1.54, 1.807) is 13.0 Å². The Labute approximate surface area is 114 Å². The van der Waals surface area contributed by atoms with Crippen LogP contribution in [0.3, 0.4) is 0 Å². The highest BCUT2D eigenvalue weighted by Gasteiger charge is 2.24. The Morgan fingerprint density at radius 2 is 1.37 bits per heavy atom. The summed E-state index contributed by atoms with van der Waals surface area (Å²) in [5.74, 6) is -0.195. The van der Waals surface area contributed by atoms with Gasteiger partial charge >= 0.3 is 0 Å². The van der Waals surface area contributed by atoms with Crippen LogP contribution in [0.15, 0.2) is 36.4 Å². The standard InChI is InChI=1S/C17H20FN/c1-11-5-6-14(9-12(11)2)17(4,19)15-7-8-16(18)13(3)10-15/h5-10H,19H2,1-4H3. The average molecular weight is 257 g/mol. The fourth-order valence-corrected chi connectivity index (χ4v) is 2.20. The van der Waals surface area contributed by atoms with Crippen LogP contribution < -0.4 is 5.73 Å². The van der Waals surface area contributed by atoms with E-state index in [1.807, 2.05) is 19.1 Å². The van der Waals surface area contributed by atoms with Crippen molar-refractivity contribution in [3.8, 4) is 0 Å². The van der Waals surface area contributed by atoms with Crippen LogP contribution in [0.2, 0.25) is 0 Å². The number of benzene rings is 2. The molecule has 0 radical (unpaired) electrons. The zero-order valence-electron chi connectivity index (χ0n) is 11.9. The van der Waals surface area contributed by atoms with Gasteiger partial charge in [-0.2, -0.15) is 0 Å². The molecule has 0 bridgehead atoms. The molecule has 2 heteroatoms. The second-order valence-corrected chi connectivity index (χ2v) is 5.47. The van der Waals surface area contributed by atoms with Gasteiger partial charge in [0.1, 0.15) is 5.82 Å². The van der Waals surface area contributed by atoms with Crippen LogP contribution >= 0.6 is 0 Å². The van der Waals surface area contributed by atoms with Gasteiger partial charge in [0.2, 0.25) is 0 Å². The van der Waals surface area contributed by atoms with Crippen molar-refractivity contribution in [1.29, 1.82) is 0 Å². The fraction of sp³-hybridized carbons (Fsp3) is 0.294. The van der Waals surface area contributed by atoms with Gasteiger partial charge in [-0.1, -0.05) is 30.3 Å². The molecule has 1 atom stereocenters. The lowest BCUT2D eigenvalue weighted by Crippen LogP contribution is -2.34. The van der Waals surface area contributed by atoms with Crippen LogP contribution in [0.5, 0.6) is 0 Å². The van der Waals surface area contributed by atoms with Gasteiger partial charge in [-0.05, 0) is 61.6 Å². The summed E-state index contributed by atoms with van der Waals surface area (Å²) in [6.45, 7) is 7.87. The van der Waals surface area contributed by atoms with Crippen LogP contribution in [0, 0.1) is 26.6 Å². The molecule has 1 unspecified atom stereocenters. The third kappa shape index (κ3) is 2.54. The number of halogens is 1. The van der Waals surface area contributed by atoms with Gasteiger partial charge < -0.3 is 5.73 Å². The van der Waals surface area contributed by atoms with Crippen molar-refractivity contribution in [3.05, 3.63) is 70.0 Å². The van der Waals surface area contributed by atoms with Gasteiger partial charge in [-0.25, -0.2) is 4.39 Å². The van der Waals surface area contributed by atoms with Crippen molar-refractivity contribution < 1.29 is 4.39 Å². The molecule has 0 aliphatic heterocycles. The summed E-state index contributed by atoms with van der Waals surface area (Å²) in [4.78, 5) is 0. The molecular weight excluding hydrogens is 237 g/mol. The Balaban J connectivity index is 2.51. The summed E-state index contributed by atoms with van der Waals surface area (Å²) in [6, 6.07) is 11.3. The molecule has 2 aromatic carbocycles. The monoisotopic (exact) mass is 257 g/mol. The molecule has 0 aliphatic rings. The fourth-order valence-electron chi connectivity index (χ4n) is 2.20. The number of rotatable bonds is 2. The molecule has 0 fully saturated rings. The Morgan fingerprint density at radius 3 is 1.89 bits per heavy atom. The largest absolute Gasteiger partial charge is 0.318 e. The topological polar surface area (TPSA) is 26.0 Å². The predicted molar refractivity (Wildman–Crippen MR) is 77.7 cm³/mol. The first-order valence-electron chi connectivity index (χ1n) is 6.45. The number of aryl methyl sites for hydroxylation is 3. The zero-order chi connectivity index (χ0) is 14.2. The van der Waals surface area contributed by atoms with Crippen LogP contribution in [-0.2, 0) is 5.54 Å². The second kappa shape index (κ2) is 4.78. The first kappa shape index (κ1) is 13.8. The van der Waals surface area contributed by atoms with Crippen LogP contribution in [-0.4, -0.2) is 0 Å². The summed E-state index contributed by atoms with van der Waals surface area (Å²) in [5, 5.41) is 0. The third-order valence-corrected chi connectivity index (χ3v) is 3.86. The highest BCUT2D eigenvalue weighted by Crippen LogP contribution is 2.29. The van der Waals surface area contributed by atoms with Crippen molar-refractivity contribution >= 4 is 0 Å². The summed E-state index contributed by atoms with van der Waals surface area (Å²) in [7, 11) is 0. The van der Waals surface area contributed by atoms with E-state index in [-0.39, 0.29) is 5.82 Å². The average Bonchev–Trinajstić information content (AvgIpc) is 2.35. The van der Waals surface area contributed by atoms with Gasteiger partial charge in [-0.15, -0.1) is 0 Å². The second-order valence-electron chi connectivity index (χ2n) is 5.47. The lowest BCUT2D eigenvalue weighted by atomic mass is 9.84. The van der Waals surface area contributed by atoms with Gasteiger partial charge in [0, 0.05) is 0 Å². The maximum Gasteiger partial charge on any atom is 0.126 e. The van der Waals surface area contributed by atoms with Crippen molar-refractivity contribution in [2.24, 2.45) is 5.73 Å². The molecule has 2 aromatic rings. The van der Waals surface area contributed by atoms with Crippen LogP contribution in [0.4, 0.5) is 4.39 Å². The van der Waals surface area contributed by atoms with Crippen molar-refractivity contribution in [2.45, 2.75) is 33.2 Å². The summed E-state index contributed by atoms with van der Waals surface area (Å²) in [6.07, 6.45) is 0. The first-order valence-corrected chi connectivity index (χ1v) is 6.45. The normalized spacial score (nSPS) is 14.2. The summed E-state index contributed by atoms with van der Waals surface area (Å²) in [5.41, 5.74) is 10.9. The highest BCUT2D eigenvalue weighted by molar-refractivity contribution is 5.42. The molecule has 0 aliphatic carbocycles. The molecule has 0 heterocycles. The summed E-state index contributed by atoms with van der Waals surface area (Å²) < 4.78 is 13.4. The van der Waals surface area contributed by atoms with Crippen molar-refractivity contribution in [2.75, 3.05) is 0 Å². The minimum absolute atomic E-state index is 0.195. The Hall–Kier alpha value is -1.67. The van der Waals surface area contributed by atoms with E-state index in [2.05, 4.69) is 26.0 Å². The van der Waals surface area contributed by atoms with E-state index in [1.165, 1.54) is 17.2 Å². The van der Waals surface area contributed by atoms with Gasteiger partial charge in [0.05, 0.1) is 5.54 Å². The molecule has 0 amide bonds. The molecule has 0 saturated carbocycles. The van der Waals surface area contributed by atoms with Crippen molar-refractivity contribution in [1.82, 2.24) is 0 Å². The third-order valence-electron chi connectivity index (χ3n) is 3.86. The maximum atomic E-state index is 13.4. The lowest BCUT2D eigenvalue weighted by molar-refractivity contribution is 0.588. The molecule has 2 N–H and O–H groups in total. The minimum atomic E-state index is -0.614. The molecule has 2 rings (SSSR count). The molecule has 0 aromatic heterocycles. The molecule has 1 nitrogen and oxygen atoms in total. The molecule has 0 spiro atoms. The SMILES string of the molecule is Cc1ccc(C(C)(N)c2ccc(F)c(C)c2)cc1C. The van der Waals surface area contributed by atoms with Crippen LogP contribution in [0.25, 0.3) is 0 Å². The molecule has 100 valence electrons. The zero-order valence-corrected chi connectivity index (χ0v) is 11.9. The van der Waals surface area contributed by atoms with E-state index in [4.69, 9.17) is 5.73 Å². The number of hydrogen-bond donors (Lipinski definition) is 1. The Kier molecular flexibility index (Phi) is 3.46. The lowest BCUT2D eigenvalue weighted by Gasteiger charge is -2.27. The summed E-state index contributed by atoms with van der Waals surface area (Å²) >= 11 is 0. The minimum Gasteiger partial charge on any atom is -0.318 e. The smallest absolute Gasteiger partial charge is 0.126 e. The first-order chi connectivity index (χ1) is 8.82. The van der Waals surface area contributed by atoms with Gasteiger partial charge in [-0.3, -0.25) is 0 Å². The van der Waals surface area contributed by atoms with E-state index >= 15 is 0 Å². The number of hydrogen-bond acceptors (Lipinski definition) is 1. The van der Waals surface area contributed by atoms with Gasteiger partial charge in [0.15, 0.2) is 0 Å². The molecule has 0 saturated heterocycles. The molecule has 19 heavy (non-hydrogen) atoms. The van der Waals surface area contributed by atoms with E-state index in [0.29, 0.717) is 5.56 Å². The quantitative estimate of drug-likeness (QED) is 0.865. The van der Waals surface area contributed by atoms with Gasteiger partial charge in [0.25, 0.3) is 0 Å². The van der Waals surface area contributed by atoms with E-state index in [9.17, 15) is 4.39 Å². The Morgan fingerprint density at radius 1 is 0.842 bits per heavy atom. The van der Waals surface area contributed by atoms with E-state index < -0.39 is 5.54 Å². The number of nitrogens with two attached hydrogens (primary N) is 1. The van der Waals surface area contributed by atoms with E-state index in [0.717, 1.165) is 11.1 Å². The highest BCUT2D eigenvalue weighted by atomic mass is 19.1. The van der Waals surface area contributed by atoms with Crippen LogP contribution in [0.1, 0.15) is 34.7 Å².